The Hall–Kier alpha value is -0.870. The minimum atomic E-state index is 0.111. The predicted molar refractivity (Wildman–Crippen MR) is 70.0 cm³/mol. The molecule has 2 N–H and O–H groups in total. The van der Waals surface area contributed by atoms with Crippen molar-refractivity contribution < 1.29 is 4.74 Å². The van der Waals surface area contributed by atoms with Crippen LogP contribution in [0.15, 0.2) is 12.4 Å². The Morgan fingerprint density at radius 2 is 2.28 bits per heavy atom. The number of aromatic nitrogens is 2. The summed E-state index contributed by atoms with van der Waals surface area (Å²) in [5, 5.41) is 4.23. The van der Waals surface area contributed by atoms with Gasteiger partial charge in [-0.05, 0) is 31.6 Å². The number of rotatable bonds is 2. The number of ether oxygens (including phenoxy) is 1. The van der Waals surface area contributed by atoms with Gasteiger partial charge in [0.2, 0.25) is 0 Å². The van der Waals surface area contributed by atoms with Gasteiger partial charge in [-0.15, -0.1) is 0 Å². The molecule has 1 aliphatic carbocycles. The van der Waals surface area contributed by atoms with Crippen molar-refractivity contribution >= 4 is 0 Å². The van der Waals surface area contributed by atoms with Crippen LogP contribution in [0.4, 0.5) is 0 Å². The quantitative estimate of drug-likeness (QED) is 0.874. The summed E-state index contributed by atoms with van der Waals surface area (Å²) in [4.78, 5) is 0. The van der Waals surface area contributed by atoms with Crippen molar-refractivity contribution in [1.29, 1.82) is 0 Å². The van der Waals surface area contributed by atoms with Gasteiger partial charge in [0, 0.05) is 31.5 Å². The third-order valence-corrected chi connectivity index (χ3v) is 4.66. The Bertz CT molecular complexity index is 409. The molecule has 2 fully saturated rings. The monoisotopic (exact) mass is 249 g/mol. The van der Waals surface area contributed by atoms with E-state index < -0.39 is 0 Å². The van der Waals surface area contributed by atoms with Crippen LogP contribution in [-0.2, 0) is 11.8 Å². The van der Waals surface area contributed by atoms with Crippen molar-refractivity contribution in [2.45, 2.75) is 50.2 Å². The Morgan fingerprint density at radius 1 is 1.50 bits per heavy atom. The molecule has 1 spiro atoms. The lowest BCUT2D eigenvalue weighted by Gasteiger charge is -2.40. The van der Waals surface area contributed by atoms with Gasteiger partial charge in [0.1, 0.15) is 0 Å². The van der Waals surface area contributed by atoms with Crippen molar-refractivity contribution in [3.63, 3.8) is 0 Å². The lowest BCUT2D eigenvalue weighted by Crippen LogP contribution is -2.40. The summed E-state index contributed by atoms with van der Waals surface area (Å²) in [5.41, 5.74) is 7.74. The summed E-state index contributed by atoms with van der Waals surface area (Å²) < 4.78 is 7.90. The minimum absolute atomic E-state index is 0.111. The summed E-state index contributed by atoms with van der Waals surface area (Å²) in [6, 6.07) is 0.111. The molecule has 1 saturated carbocycles. The molecule has 2 aliphatic rings. The molecule has 2 unspecified atom stereocenters. The SMILES string of the molecule is Cn1cc(C(N)C2CCOC3(CCCC3)C2)cn1. The van der Waals surface area contributed by atoms with Gasteiger partial charge in [0.25, 0.3) is 0 Å². The van der Waals surface area contributed by atoms with Gasteiger partial charge < -0.3 is 10.5 Å². The molecule has 2 heterocycles. The largest absolute Gasteiger partial charge is 0.375 e. The summed E-state index contributed by atoms with van der Waals surface area (Å²) in [7, 11) is 1.94. The third-order valence-electron chi connectivity index (χ3n) is 4.66. The molecule has 4 nitrogen and oxygen atoms in total. The minimum Gasteiger partial charge on any atom is -0.375 e. The normalized spacial score (nSPS) is 28.7. The zero-order valence-corrected chi connectivity index (χ0v) is 11.1. The fraction of sp³-hybridized carbons (Fsp3) is 0.786. The van der Waals surface area contributed by atoms with E-state index in [-0.39, 0.29) is 11.6 Å². The second-order valence-electron chi connectivity index (χ2n) is 5.96. The molecule has 4 heteroatoms. The molecule has 1 saturated heterocycles. The van der Waals surface area contributed by atoms with Gasteiger partial charge in [0.05, 0.1) is 11.8 Å². The standard InChI is InChI=1S/C14H23N3O/c1-17-10-12(9-16-17)13(15)11-4-7-18-14(8-11)5-2-3-6-14/h9-11,13H,2-8,15H2,1H3. The Kier molecular flexibility index (Phi) is 3.16. The molecule has 1 aromatic heterocycles. The Labute approximate surface area is 108 Å². The fourth-order valence-electron chi connectivity index (χ4n) is 3.62. The van der Waals surface area contributed by atoms with Gasteiger partial charge in [-0.2, -0.15) is 5.10 Å². The van der Waals surface area contributed by atoms with Crippen LogP contribution in [0.5, 0.6) is 0 Å². The second-order valence-corrected chi connectivity index (χ2v) is 5.96. The van der Waals surface area contributed by atoms with Crippen molar-refractivity contribution in [3.05, 3.63) is 18.0 Å². The first kappa shape index (κ1) is 12.2. The summed E-state index contributed by atoms with van der Waals surface area (Å²) >= 11 is 0. The molecule has 0 radical (unpaired) electrons. The van der Waals surface area contributed by atoms with E-state index in [4.69, 9.17) is 10.5 Å². The van der Waals surface area contributed by atoms with Crippen LogP contribution in [0.2, 0.25) is 0 Å². The molecule has 0 aromatic carbocycles. The van der Waals surface area contributed by atoms with Gasteiger partial charge in [-0.3, -0.25) is 4.68 Å². The molecule has 0 amide bonds. The molecule has 100 valence electrons. The highest BCUT2D eigenvalue weighted by molar-refractivity contribution is 5.12. The van der Waals surface area contributed by atoms with Crippen LogP contribution in [0, 0.1) is 5.92 Å². The predicted octanol–water partition coefficient (Wildman–Crippen LogP) is 2.16. The third kappa shape index (κ3) is 2.19. The lowest BCUT2D eigenvalue weighted by molar-refractivity contribution is -0.0963. The first-order valence-corrected chi connectivity index (χ1v) is 7.07. The number of nitrogens with zero attached hydrogens (tertiary/aromatic N) is 2. The van der Waals surface area contributed by atoms with Gasteiger partial charge in [-0.1, -0.05) is 12.8 Å². The first-order chi connectivity index (χ1) is 8.69. The maximum atomic E-state index is 6.43. The summed E-state index contributed by atoms with van der Waals surface area (Å²) in [5.74, 6) is 0.543. The summed E-state index contributed by atoms with van der Waals surface area (Å²) in [6.45, 7) is 0.874. The van der Waals surface area contributed by atoms with E-state index in [1.165, 1.54) is 25.7 Å². The molecular weight excluding hydrogens is 226 g/mol. The van der Waals surface area contributed by atoms with Crippen molar-refractivity contribution in [3.8, 4) is 0 Å². The highest BCUT2D eigenvalue weighted by atomic mass is 16.5. The maximum absolute atomic E-state index is 6.43. The molecule has 0 bridgehead atoms. The van der Waals surface area contributed by atoms with Crippen molar-refractivity contribution in [2.75, 3.05) is 6.61 Å². The Morgan fingerprint density at radius 3 is 2.94 bits per heavy atom. The lowest BCUT2D eigenvalue weighted by atomic mass is 9.79. The number of nitrogens with two attached hydrogens (primary N) is 1. The zero-order chi connectivity index (χ0) is 12.6. The van der Waals surface area contributed by atoms with Gasteiger partial charge in [0.15, 0.2) is 0 Å². The zero-order valence-electron chi connectivity index (χ0n) is 11.1. The van der Waals surface area contributed by atoms with E-state index >= 15 is 0 Å². The van der Waals surface area contributed by atoms with Crippen LogP contribution in [0.1, 0.15) is 50.1 Å². The molecule has 3 rings (SSSR count). The van der Waals surface area contributed by atoms with Crippen LogP contribution >= 0.6 is 0 Å². The smallest absolute Gasteiger partial charge is 0.0685 e. The molecular formula is C14H23N3O. The summed E-state index contributed by atoms with van der Waals surface area (Å²) in [6.07, 6.45) is 11.2. The van der Waals surface area contributed by atoms with Crippen LogP contribution in [0.25, 0.3) is 0 Å². The van der Waals surface area contributed by atoms with Crippen LogP contribution in [0.3, 0.4) is 0 Å². The molecule has 18 heavy (non-hydrogen) atoms. The number of hydrogen-bond acceptors (Lipinski definition) is 3. The topological polar surface area (TPSA) is 53.1 Å². The maximum Gasteiger partial charge on any atom is 0.0685 e. The van der Waals surface area contributed by atoms with Gasteiger partial charge in [-0.25, -0.2) is 0 Å². The molecule has 1 aromatic rings. The number of aryl methyl sites for hydroxylation is 1. The second kappa shape index (κ2) is 4.67. The van der Waals surface area contributed by atoms with Gasteiger partial charge >= 0.3 is 0 Å². The Balaban J connectivity index is 1.72. The average Bonchev–Trinajstić information content (AvgIpc) is 2.98. The van der Waals surface area contributed by atoms with Crippen LogP contribution in [-0.4, -0.2) is 22.0 Å². The number of hydrogen-bond donors (Lipinski definition) is 1. The molecule has 1 aliphatic heterocycles. The van der Waals surface area contributed by atoms with E-state index in [1.807, 2.05) is 24.1 Å². The highest BCUT2D eigenvalue weighted by Crippen LogP contribution is 2.44. The van der Waals surface area contributed by atoms with E-state index in [9.17, 15) is 0 Å². The van der Waals surface area contributed by atoms with Crippen molar-refractivity contribution in [1.82, 2.24) is 9.78 Å². The van der Waals surface area contributed by atoms with E-state index in [0.717, 1.165) is 25.0 Å². The fourth-order valence-corrected chi connectivity index (χ4v) is 3.62. The highest BCUT2D eigenvalue weighted by Gasteiger charge is 2.41. The van der Waals surface area contributed by atoms with Crippen molar-refractivity contribution in [2.24, 2.45) is 18.7 Å². The van der Waals surface area contributed by atoms with E-state index in [1.54, 1.807) is 0 Å². The molecule has 2 atom stereocenters. The van der Waals surface area contributed by atoms with Crippen LogP contribution < -0.4 is 5.73 Å². The first-order valence-electron chi connectivity index (χ1n) is 7.07. The average molecular weight is 249 g/mol. The van der Waals surface area contributed by atoms with E-state index in [2.05, 4.69) is 5.10 Å². The van der Waals surface area contributed by atoms with E-state index in [0.29, 0.717) is 5.92 Å².